The van der Waals surface area contributed by atoms with Crippen molar-refractivity contribution in [3.8, 4) is 0 Å². The first kappa shape index (κ1) is 20.5. The number of nitrogens with two attached hydrogens (primary N) is 1. The van der Waals surface area contributed by atoms with Gasteiger partial charge >= 0.3 is 0 Å². The van der Waals surface area contributed by atoms with E-state index in [1.807, 2.05) is 0 Å². The van der Waals surface area contributed by atoms with Gasteiger partial charge in [0.15, 0.2) is 0 Å². The molecule has 0 radical (unpaired) electrons. The molecule has 3 aromatic carbocycles. The molecule has 1 fully saturated rings. The minimum atomic E-state index is -3.91. The number of primary sulfonamides is 1. The zero-order valence-electron chi connectivity index (χ0n) is 16.2. The maximum atomic E-state index is 13.0. The van der Waals surface area contributed by atoms with Crippen LogP contribution in [0.3, 0.4) is 0 Å². The molecule has 0 spiro atoms. The standard InChI is InChI=1S/C23H18N2O5S/c24-31(29,30)18-13-11-17(12-14-18)25-20(15-7-3-1-4-8-15)19(22(27)23(25)28)21(26)16-9-5-2-6-10-16/h1-14,20,26H,(H2,24,29,30)/b21-19-. The second-order valence-electron chi connectivity index (χ2n) is 6.98. The minimum absolute atomic E-state index is 0.0436. The fourth-order valence-corrected chi connectivity index (χ4v) is 4.11. The summed E-state index contributed by atoms with van der Waals surface area (Å²) in [7, 11) is -3.91. The molecule has 7 nitrogen and oxygen atoms in total. The fourth-order valence-electron chi connectivity index (χ4n) is 3.60. The van der Waals surface area contributed by atoms with Crippen molar-refractivity contribution in [2.45, 2.75) is 10.9 Å². The van der Waals surface area contributed by atoms with E-state index in [-0.39, 0.29) is 16.2 Å². The summed E-state index contributed by atoms with van der Waals surface area (Å²) in [5.41, 5.74) is 1.29. The molecule has 3 N–H and O–H groups in total. The van der Waals surface area contributed by atoms with E-state index in [4.69, 9.17) is 5.14 Å². The van der Waals surface area contributed by atoms with Crippen molar-refractivity contribution in [2.75, 3.05) is 4.90 Å². The van der Waals surface area contributed by atoms with Gasteiger partial charge in [-0.25, -0.2) is 13.6 Å². The molecular weight excluding hydrogens is 416 g/mol. The number of hydrogen-bond acceptors (Lipinski definition) is 5. The van der Waals surface area contributed by atoms with Crippen LogP contribution in [0.5, 0.6) is 0 Å². The van der Waals surface area contributed by atoms with Gasteiger partial charge in [0.25, 0.3) is 11.7 Å². The number of carbonyl (C=O) groups is 2. The highest BCUT2D eigenvalue weighted by atomic mass is 32.2. The highest BCUT2D eigenvalue weighted by Crippen LogP contribution is 2.42. The Balaban J connectivity index is 1.91. The highest BCUT2D eigenvalue weighted by Gasteiger charge is 2.46. The van der Waals surface area contributed by atoms with Crippen LogP contribution in [0.15, 0.2) is 95.4 Å². The smallest absolute Gasteiger partial charge is 0.300 e. The van der Waals surface area contributed by atoms with Gasteiger partial charge in [-0.15, -0.1) is 0 Å². The molecule has 1 amide bonds. The van der Waals surface area contributed by atoms with Gasteiger partial charge in [0.05, 0.1) is 16.5 Å². The topological polar surface area (TPSA) is 118 Å². The number of carbonyl (C=O) groups excluding carboxylic acids is 2. The molecule has 3 aromatic rings. The summed E-state index contributed by atoms with van der Waals surface area (Å²) in [5, 5.41) is 16.1. The number of benzene rings is 3. The van der Waals surface area contributed by atoms with Crippen LogP contribution in [0.1, 0.15) is 17.2 Å². The number of ketones is 1. The number of amides is 1. The lowest BCUT2D eigenvalue weighted by atomic mass is 9.95. The summed E-state index contributed by atoms with van der Waals surface area (Å²) >= 11 is 0. The molecule has 1 atom stereocenters. The van der Waals surface area contributed by atoms with E-state index in [9.17, 15) is 23.1 Å². The molecule has 1 aliphatic rings. The molecule has 31 heavy (non-hydrogen) atoms. The Kier molecular flexibility index (Phi) is 5.18. The molecule has 1 saturated heterocycles. The Labute approximate surface area is 179 Å². The molecule has 0 saturated carbocycles. The Morgan fingerprint density at radius 3 is 1.94 bits per heavy atom. The highest BCUT2D eigenvalue weighted by molar-refractivity contribution is 7.89. The van der Waals surface area contributed by atoms with Crippen molar-refractivity contribution < 1.29 is 23.1 Å². The second-order valence-corrected chi connectivity index (χ2v) is 8.55. The Morgan fingerprint density at radius 1 is 0.839 bits per heavy atom. The quantitative estimate of drug-likeness (QED) is 0.372. The van der Waals surface area contributed by atoms with Crippen molar-refractivity contribution in [3.05, 3.63) is 102 Å². The van der Waals surface area contributed by atoms with Gasteiger partial charge < -0.3 is 5.11 Å². The van der Waals surface area contributed by atoms with Crippen molar-refractivity contribution in [1.29, 1.82) is 0 Å². The molecule has 1 aliphatic heterocycles. The predicted molar refractivity (Wildman–Crippen MR) is 115 cm³/mol. The lowest BCUT2D eigenvalue weighted by Gasteiger charge is -2.25. The molecule has 156 valence electrons. The third-order valence-corrected chi connectivity index (χ3v) is 5.98. The third-order valence-electron chi connectivity index (χ3n) is 5.05. The SMILES string of the molecule is NS(=O)(=O)c1ccc(N2C(=O)C(=O)/C(=C(\O)c3ccccc3)C2c2ccccc2)cc1. The predicted octanol–water partition coefficient (Wildman–Crippen LogP) is 2.96. The average molecular weight is 434 g/mol. The number of Topliss-reactive ketones (excluding diaryl/α,β-unsaturated/α-hetero) is 1. The van der Waals surface area contributed by atoms with Crippen molar-refractivity contribution >= 4 is 33.2 Å². The molecule has 1 heterocycles. The molecular formula is C23H18N2O5S. The Morgan fingerprint density at radius 2 is 1.39 bits per heavy atom. The second kappa shape index (κ2) is 7.82. The van der Waals surface area contributed by atoms with E-state index < -0.39 is 27.8 Å². The summed E-state index contributed by atoms with van der Waals surface area (Å²) < 4.78 is 23.1. The van der Waals surface area contributed by atoms with Crippen LogP contribution in [0.25, 0.3) is 5.76 Å². The zero-order chi connectivity index (χ0) is 22.2. The maximum absolute atomic E-state index is 13.0. The molecule has 8 heteroatoms. The summed E-state index contributed by atoms with van der Waals surface area (Å²) in [5.74, 6) is -1.93. The van der Waals surface area contributed by atoms with Crippen LogP contribution >= 0.6 is 0 Å². The molecule has 0 aliphatic carbocycles. The average Bonchev–Trinajstić information content (AvgIpc) is 3.04. The lowest BCUT2D eigenvalue weighted by Crippen LogP contribution is -2.29. The summed E-state index contributed by atoms with van der Waals surface area (Å²) in [4.78, 5) is 27.1. The number of aliphatic hydroxyl groups is 1. The van der Waals surface area contributed by atoms with E-state index in [0.717, 1.165) is 0 Å². The number of aliphatic hydroxyl groups excluding tert-OH is 1. The first-order valence-electron chi connectivity index (χ1n) is 9.33. The van der Waals surface area contributed by atoms with E-state index in [2.05, 4.69) is 0 Å². The molecule has 0 bridgehead atoms. The summed E-state index contributed by atoms with van der Waals surface area (Å²) in [6.45, 7) is 0. The summed E-state index contributed by atoms with van der Waals surface area (Å²) in [6.07, 6.45) is 0. The minimum Gasteiger partial charge on any atom is -0.507 e. The van der Waals surface area contributed by atoms with Crippen molar-refractivity contribution in [2.24, 2.45) is 5.14 Å². The number of nitrogens with zero attached hydrogens (tertiary/aromatic N) is 1. The summed E-state index contributed by atoms with van der Waals surface area (Å²) in [6, 6.07) is 21.8. The third kappa shape index (κ3) is 3.74. The normalized spacial score (nSPS) is 18.4. The van der Waals surface area contributed by atoms with E-state index >= 15 is 0 Å². The van der Waals surface area contributed by atoms with Gasteiger partial charge in [0, 0.05) is 11.3 Å². The largest absolute Gasteiger partial charge is 0.507 e. The Hall–Kier alpha value is -3.75. The Bertz CT molecular complexity index is 1280. The van der Waals surface area contributed by atoms with Crippen molar-refractivity contribution in [1.82, 2.24) is 0 Å². The lowest BCUT2D eigenvalue weighted by molar-refractivity contribution is -0.132. The van der Waals surface area contributed by atoms with Gasteiger partial charge in [-0.3, -0.25) is 14.5 Å². The number of anilines is 1. The van der Waals surface area contributed by atoms with Gasteiger partial charge in [0.2, 0.25) is 10.0 Å². The molecule has 1 unspecified atom stereocenters. The fraction of sp³-hybridized carbons (Fsp3) is 0.0435. The monoisotopic (exact) mass is 434 g/mol. The van der Waals surface area contributed by atoms with Crippen LogP contribution in [0.2, 0.25) is 0 Å². The van der Waals surface area contributed by atoms with Crippen LogP contribution in [0.4, 0.5) is 5.69 Å². The van der Waals surface area contributed by atoms with Gasteiger partial charge in [-0.2, -0.15) is 0 Å². The van der Waals surface area contributed by atoms with Crippen LogP contribution in [0, 0.1) is 0 Å². The maximum Gasteiger partial charge on any atom is 0.300 e. The van der Waals surface area contributed by atoms with Gasteiger partial charge in [-0.1, -0.05) is 60.7 Å². The number of sulfonamides is 1. The van der Waals surface area contributed by atoms with E-state index in [1.54, 1.807) is 60.7 Å². The molecule has 0 aromatic heterocycles. The van der Waals surface area contributed by atoms with Crippen LogP contribution in [-0.4, -0.2) is 25.2 Å². The number of hydrogen-bond donors (Lipinski definition) is 2. The first-order chi connectivity index (χ1) is 14.8. The van der Waals surface area contributed by atoms with Crippen molar-refractivity contribution in [3.63, 3.8) is 0 Å². The van der Waals surface area contributed by atoms with Crippen LogP contribution in [-0.2, 0) is 19.6 Å². The van der Waals surface area contributed by atoms with Gasteiger partial charge in [0.1, 0.15) is 5.76 Å². The molecule has 4 rings (SSSR count). The first-order valence-corrected chi connectivity index (χ1v) is 10.9. The number of rotatable bonds is 4. The van der Waals surface area contributed by atoms with E-state index in [1.165, 1.54) is 29.2 Å². The van der Waals surface area contributed by atoms with Gasteiger partial charge in [-0.05, 0) is 29.8 Å². The van der Waals surface area contributed by atoms with Crippen LogP contribution < -0.4 is 10.0 Å². The van der Waals surface area contributed by atoms with E-state index in [0.29, 0.717) is 16.8 Å². The zero-order valence-corrected chi connectivity index (χ0v) is 17.0.